The standard InChI is InChI=1S/C18H35NO3/c1-5-9-10-11-12-16(20)15-19(13-6-2,14-7-3)17(8-4)18(21)22/h9-10,16-17,20H,5-8,11-15H2,1-4H3/p+1/b10-9+. The van der Waals surface area contributed by atoms with E-state index in [-0.39, 0.29) is 0 Å². The van der Waals surface area contributed by atoms with Crippen LogP contribution >= 0.6 is 0 Å². The van der Waals surface area contributed by atoms with Gasteiger partial charge in [-0.1, -0.05) is 39.8 Å². The highest BCUT2D eigenvalue weighted by Gasteiger charge is 2.40. The molecule has 0 heterocycles. The highest BCUT2D eigenvalue weighted by Crippen LogP contribution is 2.22. The Bertz CT molecular complexity index is 322. The number of aliphatic carboxylic acids is 1. The molecule has 4 nitrogen and oxygen atoms in total. The van der Waals surface area contributed by atoms with Crippen LogP contribution in [0.15, 0.2) is 12.2 Å². The van der Waals surface area contributed by atoms with Gasteiger partial charge in [0.25, 0.3) is 0 Å². The summed E-state index contributed by atoms with van der Waals surface area (Å²) in [4.78, 5) is 11.7. The molecule has 130 valence electrons. The van der Waals surface area contributed by atoms with Gasteiger partial charge in [0.05, 0.1) is 13.1 Å². The van der Waals surface area contributed by atoms with Gasteiger partial charge in [-0.05, 0) is 32.1 Å². The van der Waals surface area contributed by atoms with Crippen molar-refractivity contribution < 1.29 is 19.5 Å². The minimum absolute atomic E-state index is 0.416. The van der Waals surface area contributed by atoms with Gasteiger partial charge >= 0.3 is 5.97 Å². The van der Waals surface area contributed by atoms with E-state index < -0.39 is 18.1 Å². The average Bonchev–Trinajstić information content (AvgIpc) is 2.44. The van der Waals surface area contributed by atoms with Crippen LogP contribution in [0.2, 0.25) is 0 Å². The fraction of sp³-hybridized carbons (Fsp3) is 0.833. The van der Waals surface area contributed by atoms with E-state index in [0.717, 1.165) is 38.8 Å². The minimum Gasteiger partial charge on any atom is -0.477 e. The van der Waals surface area contributed by atoms with E-state index in [2.05, 4.69) is 32.9 Å². The average molecular weight is 314 g/mol. The zero-order valence-corrected chi connectivity index (χ0v) is 14.9. The van der Waals surface area contributed by atoms with Crippen molar-refractivity contribution in [1.82, 2.24) is 0 Å². The number of hydrogen-bond donors (Lipinski definition) is 2. The molecule has 0 spiro atoms. The molecule has 2 N–H and O–H groups in total. The Morgan fingerprint density at radius 1 is 1.09 bits per heavy atom. The number of allylic oxidation sites excluding steroid dienone is 2. The number of carboxylic acid groups (broad SMARTS) is 1. The number of hydrogen-bond acceptors (Lipinski definition) is 2. The van der Waals surface area contributed by atoms with Gasteiger partial charge in [-0.15, -0.1) is 0 Å². The molecule has 0 aliphatic heterocycles. The summed E-state index contributed by atoms with van der Waals surface area (Å²) in [6, 6.07) is -0.416. The maximum atomic E-state index is 11.7. The van der Waals surface area contributed by atoms with Crippen LogP contribution in [0.4, 0.5) is 0 Å². The number of carboxylic acids is 1. The number of nitrogens with zero attached hydrogens (tertiary/aromatic N) is 1. The highest BCUT2D eigenvalue weighted by molar-refractivity contribution is 5.72. The summed E-state index contributed by atoms with van der Waals surface area (Å²) in [5.74, 6) is -0.734. The lowest BCUT2D eigenvalue weighted by Crippen LogP contribution is -2.62. The van der Waals surface area contributed by atoms with E-state index in [9.17, 15) is 15.0 Å². The van der Waals surface area contributed by atoms with Crippen LogP contribution in [0, 0.1) is 0 Å². The van der Waals surface area contributed by atoms with Crippen molar-refractivity contribution in [3.8, 4) is 0 Å². The third kappa shape index (κ3) is 6.93. The van der Waals surface area contributed by atoms with Gasteiger partial charge in [0, 0.05) is 6.42 Å². The van der Waals surface area contributed by atoms with E-state index in [1.54, 1.807) is 0 Å². The van der Waals surface area contributed by atoms with E-state index in [1.165, 1.54) is 0 Å². The predicted molar refractivity (Wildman–Crippen MR) is 91.8 cm³/mol. The van der Waals surface area contributed by atoms with Crippen molar-refractivity contribution in [3.63, 3.8) is 0 Å². The van der Waals surface area contributed by atoms with Crippen molar-refractivity contribution in [1.29, 1.82) is 0 Å². The summed E-state index contributed by atoms with van der Waals surface area (Å²) in [7, 11) is 0. The highest BCUT2D eigenvalue weighted by atomic mass is 16.4. The van der Waals surface area contributed by atoms with E-state index in [1.807, 2.05) is 6.92 Å². The van der Waals surface area contributed by atoms with Crippen molar-refractivity contribution in [2.45, 2.75) is 78.4 Å². The Morgan fingerprint density at radius 3 is 2.09 bits per heavy atom. The fourth-order valence-corrected chi connectivity index (χ4v) is 3.50. The number of aliphatic hydroxyl groups excluding tert-OH is 1. The quantitative estimate of drug-likeness (QED) is 0.403. The van der Waals surface area contributed by atoms with Crippen molar-refractivity contribution in [2.24, 2.45) is 0 Å². The molecule has 2 unspecified atom stereocenters. The lowest BCUT2D eigenvalue weighted by Gasteiger charge is -2.44. The molecule has 0 rings (SSSR count). The monoisotopic (exact) mass is 314 g/mol. The predicted octanol–water partition coefficient (Wildman–Crippen LogP) is 3.59. The van der Waals surface area contributed by atoms with E-state index >= 15 is 0 Å². The Morgan fingerprint density at radius 2 is 1.68 bits per heavy atom. The SMILES string of the molecule is CC/C=C/CCC(O)C[N+](CCC)(CCC)C(CC)C(=O)O. The van der Waals surface area contributed by atoms with Crippen molar-refractivity contribution in [2.75, 3.05) is 19.6 Å². The molecule has 0 saturated carbocycles. The van der Waals surface area contributed by atoms with Gasteiger partial charge < -0.3 is 14.7 Å². The number of carbonyl (C=O) groups is 1. The molecule has 0 bridgehead atoms. The largest absolute Gasteiger partial charge is 0.477 e. The number of quaternary nitrogens is 1. The second-order valence-electron chi connectivity index (χ2n) is 6.22. The molecule has 0 aromatic rings. The second-order valence-corrected chi connectivity index (χ2v) is 6.22. The summed E-state index contributed by atoms with van der Waals surface area (Å²) < 4.78 is 0.511. The van der Waals surface area contributed by atoms with Gasteiger partial charge in [0.2, 0.25) is 0 Å². The van der Waals surface area contributed by atoms with Crippen LogP contribution in [0.3, 0.4) is 0 Å². The Labute approximate surface area is 136 Å². The summed E-state index contributed by atoms with van der Waals surface area (Å²) in [6.07, 6.45) is 8.84. The van der Waals surface area contributed by atoms with Crippen LogP contribution < -0.4 is 0 Å². The van der Waals surface area contributed by atoms with Crippen LogP contribution in [0.25, 0.3) is 0 Å². The van der Waals surface area contributed by atoms with Crippen LogP contribution in [-0.4, -0.2) is 52.4 Å². The third-order valence-electron chi connectivity index (χ3n) is 4.31. The lowest BCUT2D eigenvalue weighted by atomic mass is 10.0. The first-order valence-corrected chi connectivity index (χ1v) is 8.88. The van der Waals surface area contributed by atoms with Gasteiger partial charge in [-0.2, -0.15) is 0 Å². The van der Waals surface area contributed by atoms with E-state index in [0.29, 0.717) is 23.9 Å². The molecule has 4 heteroatoms. The number of aliphatic hydroxyl groups is 1. The topological polar surface area (TPSA) is 57.5 Å². The molecular weight excluding hydrogens is 278 g/mol. The molecule has 0 aliphatic rings. The first-order valence-electron chi connectivity index (χ1n) is 8.88. The van der Waals surface area contributed by atoms with Crippen LogP contribution in [0.5, 0.6) is 0 Å². The molecule has 0 fully saturated rings. The molecule has 0 radical (unpaired) electrons. The normalized spacial score (nSPS) is 15.1. The van der Waals surface area contributed by atoms with Gasteiger partial charge in [0.1, 0.15) is 12.6 Å². The Balaban J connectivity index is 5.03. The maximum absolute atomic E-state index is 11.7. The zero-order chi connectivity index (χ0) is 17.0. The second kappa shape index (κ2) is 11.7. The third-order valence-corrected chi connectivity index (χ3v) is 4.31. The molecule has 0 aromatic carbocycles. The van der Waals surface area contributed by atoms with Gasteiger partial charge in [-0.3, -0.25) is 0 Å². The van der Waals surface area contributed by atoms with Gasteiger partial charge in [0.15, 0.2) is 6.04 Å². The molecule has 2 atom stereocenters. The molecule has 0 aliphatic carbocycles. The van der Waals surface area contributed by atoms with E-state index in [4.69, 9.17) is 0 Å². The first kappa shape index (κ1) is 21.1. The fourth-order valence-electron chi connectivity index (χ4n) is 3.50. The Kier molecular flexibility index (Phi) is 11.2. The van der Waals surface area contributed by atoms with Crippen molar-refractivity contribution >= 4 is 5.97 Å². The van der Waals surface area contributed by atoms with Gasteiger partial charge in [-0.25, -0.2) is 4.79 Å². The molecule has 22 heavy (non-hydrogen) atoms. The zero-order valence-electron chi connectivity index (χ0n) is 14.9. The first-order chi connectivity index (χ1) is 10.5. The maximum Gasteiger partial charge on any atom is 0.362 e. The van der Waals surface area contributed by atoms with Crippen molar-refractivity contribution in [3.05, 3.63) is 12.2 Å². The molecule has 0 amide bonds. The summed E-state index contributed by atoms with van der Waals surface area (Å²) >= 11 is 0. The minimum atomic E-state index is -0.734. The summed E-state index contributed by atoms with van der Waals surface area (Å²) in [6.45, 7) is 10.4. The van der Waals surface area contributed by atoms with Crippen LogP contribution in [-0.2, 0) is 4.79 Å². The Hall–Kier alpha value is -0.870. The molecule has 0 aromatic heterocycles. The molecule has 0 saturated heterocycles. The summed E-state index contributed by atoms with van der Waals surface area (Å²) in [5.41, 5.74) is 0. The molecular formula is C18H36NO3+. The number of rotatable bonds is 13. The smallest absolute Gasteiger partial charge is 0.362 e. The summed E-state index contributed by atoms with van der Waals surface area (Å²) in [5, 5.41) is 20.0. The lowest BCUT2D eigenvalue weighted by molar-refractivity contribution is -0.946. The van der Waals surface area contributed by atoms with Crippen LogP contribution in [0.1, 0.15) is 66.2 Å².